The summed E-state index contributed by atoms with van der Waals surface area (Å²) in [6, 6.07) is 5.62. The van der Waals surface area contributed by atoms with E-state index in [0.29, 0.717) is 0 Å². The first-order chi connectivity index (χ1) is 9.79. The van der Waals surface area contributed by atoms with Gasteiger partial charge in [0.05, 0.1) is 6.04 Å². The second kappa shape index (κ2) is 5.71. The lowest BCUT2D eigenvalue weighted by Crippen LogP contribution is -2.51. The number of benzene rings is 1. The van der Waals surface area contributed by atoms with E-state index in [-0.39, 0.29) is 18.7 Å². The average molecular weight is 276 g/mol. The summed E-state index contributed by atoms with van der Waals surface area (Å²) in [4.78, 5) is 14.4. The third-order valence-electron chi connectivity index (χ3n) is 3.75. The van der Waals surface area contributed by atoms with Crippen LogP contribution in [0.15, 0.2) is 18.2 Å². The van der Waals surface area contributed by atoms with Gasteiger partial charge in [0.25, 0.3) is 0 Å². The largest absolute Gasteiger partial charge is 0.454 e. The molecule has 5 heteroatoms. The second-order valence-corrected chi connectivity index (χ2v) is 5.18. The summed E-state index contributed by atoms with van der Waals surface area (Å²) in [7, 11) is 0. The monoisotopic (exact) mass is 276 g/mol. The molecule has 2 heterocycles. The van der Waals surface area contributed by atoms with Crippen LogP contribution in [0.2, 0.25) is 0 Å². The highest BCUT2D eigenvalue weighted by Gasteiger charge is 2.29. The van der Waals surface area contributed by atoms with Crippen LogP contribution in [0.25, 0.3) is 0 Å². The standard InChI is InChI=1S/C15H20N2O3/c1-2-7-16-12-4-3-8-17(15(12)18)11-5-6-13-14(9-11)20-10-19-13/h5-6,9,12,16H,2-4,7-8,10H2,1H3. The normalized spacial score (nSPS) is 21.4. The molecule has 0 saturated carbocycles. The van der Waals surface area contributed by atoms with Crippen molar-refractivity contribution in [1.29, 1.82) is 0 Å². The quantitative estimate of drug-likeness (QED) is 0.912. The van der Waals surface area contributed by atoms with Crippen molar-refractivity contribution in [3.05, 3.63) is 18.2 Å². The molecule has 0 radical (unpaired) electrons. The van der Waals surface area contributed by atoms with Crippen molar-refractivity contribution in [2.75, 3.05) is 24.8 Å². The molecule has 5 nitrogen and oxygen atoms in total. The molecule has 1 atom stereocenters. The van der Waals surface area contributed by atoms with Crippen LogP contribution in [0.5, 0.6) is 11.5 Å². The lowest BCUT2D eigenvalue weighted by atomic mass is 10.0. The van der Waals surface area contributed by atoms with E-state index in [4.69, 9.17) is 9.47 Å². The highest BCUT2D eigenvalue weighted by Crippen LogP contribution is 2.36. The molecule has 1 saturated heterocycles. The minimum Gasteiger partial charge on any atom is -0.454 e. The van der Waals surface area contributed by atoms with Gasteiger partial charge in [0.2, 0.25) is 12.7 Å². The minimum atomic E-state index is -0.0610. The molecule has 1 N–H and O–H groups in total. The van der Waals surface area contributed by atoms with Crippen LogP contribution >= 0.6 is 0 Å². The molecule has 108 valence electrons. The highest BCUT2D eigenvalue weighted by atomic mass is 16.7. The molecule has 1 aromatic carbocycles. The number of rotatable bonds is 4. The summed E-state index contributed by atoms with van der Waals surface area (Å²) in [5.74, 6) is 1.63. The SMILES string of the molecule is CCCNC1CCCN(c2ccc3c(c2)OCO3)C1=O. The predicted octanol–water partition coefficient (Wildman–Crippen LogP) is 1.91. The Morgan fingerprint density at radius 2 is 2.20 bits per heavy atom. The maximum absolute atomic E-state index is 12.5. The Kier molecular flexibility index (Phi) is 3.78. The number of amides is 1. The van der Waals surface area contributed by atoms with Gasteiger partial charge in [0.1, 0.15) is 0 Å². The molecule has 1 aromatic rings. The maximum Gasteiger partial charge on any atom is 0.244 e. The van der Waals surface area contributed by atoms with E-state index in [1.165, 1.54) is 0 Å². The second-order valence-electron chi connectivity index (χ2n) is 5.18. The van der Waals surface area contributed by atoms with Gasteiger partial charge in [0, 0.05) is 18.3 Å². The Morgan fingerprint density at radius 3 is 3.05 bits per heavy atom. The summed E-state index contributed by atoms with van der Waals surface area (Å²) in [6.45, 7) is 4.01. The summed E-state index contributed by atoms with van der Waals surface area (Å²) in [5, 5.41) is 3.33. The van der Waals surface area contributed by atoms with Gasteiger partial charge in [-0.3, -0.25) is 4.79 Å². The molecule has 20 heavy (non-hydrogen) atoms. The van der Waals surface area contributed by atoms with Crippen molar-refractivity contribution in [1.82, 2.24) is 5.32 Å². The van der Waals surface area contributed by atoms with Crippen LogP contribution in [0.4, 0.5) is 5.69 Å². The summed E-state index contributed by atoms with van der Waals surface area (Å²) < 4.78 is 10.7. The fourth-order valence-electron chi connectivity index (χ4n) is 2.69. The van der Waals surface area contributed by atoms with Gasteiger partial charge in [-0.05, 0) is 37.9 Å². The molecule has 2 aliphatic heterocycles. The van der Waals surface area contributed by atoms with Crippen LogP contribution < -0.4 is 19.7 Å². The van der Waals surface area contributed by atoms with Crippen molar-refractivity contribution in [3.8, 4) is 11.5 Å². The zero-order valence-electron chi connectivity index (χ0n) is 11.7. The molecule has 2 aliphatic rings. The number of hydrogen-bond donors (Lipinski definition) is 1. The van der Waals surface area contributed by atoms with E-state index < -0.39 is 0 Å². The molecular weight excluding hydrogens is 256 g/mol. The zero-order chi connectivity index (χ0) is 13.9. The maximum atomic E-state index is 12.5. The van der Waals surface area contributed by atoms with Gasteiger partial charge in [-0.2, -0.15) is 0 Å². The molecule has 1 amide bonds. The first-order valence-electron chi connectivity index (χ1n) is 7.24. The zero-order valence-corrected chi connectivity index (χ0v) is 11.7. The summed E-state index contributed by atoms with van der Waals surface area (Å²) >= 11 is 0. The van der Waals surface area contributed by atoms with E-state index in [9.17, 15) is 4.79 Å². The van der Waals surface area contributed by atoms with E-state index in [1.807, 2.05) is 23.1 Å². The van der Waals surface area contributed by atoms with Crippen molar-refractivity contribution in [2.24, 2.45) is 0 Å². The molecule has 0 bridgehead atoms. The molecule has 0 aromatic heterocycles. The smallest absolute Gasteiger partial charge is 0.244 e. The van der Waals surface area contributed by atoms with Gasteiger partial charge in [-0.25, -0.2) is 0 Å². The third-order valence-corrected chi connectivity index (χ3v) is 3.75. The Bertz CT molecular complexity index is 504. The van der Waals surface area contributed by atoms with Crippen LogP contribution in [0.3, 0.4) is 0 Å². The van der Waals surface area contributed by atoms with Crippen LogP contribution in [-0.4, -0.2) is 31.8 Å². The molecule has 3 rings (SSSR count). The highest BCUT2D eigenvalue weighted by molar-refractivity contribution is 5.98. The Morgan fingerprint density at radius 1 is 1.35 bits per heavy atom. The van der Waals surface area contributed by atoms with Crippen molar-refractivity contribution >= 4 is 11.6 Å². The van der Waals surface area contributed by atoms with Gasteiger partial charge >= 0.3 is 0 Å². The number of piperidine rings is 1. The predicted molar refractivity (Wildman–Crippen MR) is 76.2 cm³/mol. The van der Waals surface area contributed by atoms with E-state index in [1.54, 1.807) is 0 Å². The topological polar surface area (TPSA) is 50.8 Å². The number of carbonyl (C=O) groups is 1. The number of carbonyl (C=O) groups excluding carboxylic acids is 1. The first-order valence-corrected chi connectivity index (χ1v) is 7.24. The fourth-order valence-corrected chi connectivity index (χ4v) is 2.69. The number of nitrogens with one attached hydrogen (secondary N) is 1. The number of nitrogens with zero attached hydrogens (tertiary/aromatic N) is 1. The number of ether oxygens (including phenoxy) is 2. The number of hydrogen-bond acceptors (Lipinski definition) is 4. The van der Waals surface area contributed by atoms with Crippen LogP contribution in [0.1, 0.15) is 26.2 Å². The van der Waals surface area contributed by atoms with Crippen LogP contribution in [0, 0.1) is 0 Å². The fraction of sp³-hybridized carbons (Fsp3) is 0.533. The van der Waals surface area contributed by atoms with Crippen molar-refractivity contribution < 1.29 is 14.3 Å². The van der Waals surface area contributed by atoms with Crippen LogP contribution in [-0.2, 0) is 4.79 Å². The van der Waals surface area contributed by atoms with Crippen molar-refractivity contribution in [3.63, 3.8) is 0 Å². The molecule has 0 spiro atoms. The van der Waals surface area contributed by atoms with Gasteiger partial charge < -0.3 is 19.7 Å². The minimum absolute atomic E-state index is 0.0610. The first kappa shape index (κ1) is 13.2. The lowest BCUT2D eigenvalue weighted by Gasteiger charge is -2.32. The Balaban J connectivity index is 1.77. The molecule has 1 fully saturated rings. The third kappa shape index (κ3) is 2.45. The Labute approximate surface area is 118 Å². The summed E-state index contributed by atoms with van der Waals surface area (Å²) in [6.07, 6.45) is 2.97. The molecular formula is C15H20N2O3. The van der Waals surface area contributed by atoms with E-state index >= 15 is 0 Å². The number of anilines is 1. The summed E-state index contributed by atoms with van der Waals surface area (Å²) in [5.41, 5.74) is 0.891. The van der Waals surface area contributed by atoms with Gasteiger partial charge in [-0.15, -0.1) is 0 Å². The van der Waals surface area contributed by atoms with Crippen molar-refractivity contribution in [2.45, 2.75) is 32.2 Å². The Hall–Kier alpha value is -1.75. The molecule has 0 aliphatic carbocycles. The lowest BCUT2D eigenvalue weighted by molar-refractivity contribution is -0.121. The van der Waals surface area contributed by atoms with Gasteiger partial charge in [-0.1, -0.05) is 6.92 Å². The molecule has 1 unspecified atom stereocenters. The van der Waals surface area contributed by atoms with E-state index in [0.717, 1.165) is 49.5 Å². The average Bonchev–Trinajstić information content (AvgIpc) is 2.93. The number of fused-ring (bicyclic) bond motifs is 1. The van der Waals surface area contributed by atoms with Gasteiger partial charge in [0.15, 0.2) is 11.5 Å². The van der Waals surface area contributed by atoms with E-state index in [2.05, 4.69) is 12.2 Å².